The maximum atomic E-state index is 10.9. The number of carbonyl (C=O) groups excluding carboxylic acids is 1. The van der Waals surface area contributed by atoms with Crippen molar-refractivity contribution in [3.8, 4) is 0 Å². The third kappa shape index (κ3) is 4.23. The number of nitrogens with one attached hydrogen (secondary N) is 1. The lowest BCUT2D eigenvalue weighted by Gasteiger charge is -2.34. The Bertz CT molecular complexity index is 444. The van der Waals surface area contributed by atoms with Gasteiger partial charge in [-0.3, -0.25) is 4.79 Å². The van der Waals surface area contributed by atoms with Crippen LogP contribution in [0.4, 0.5) is 5.69 Å². The molecule has 1 heterocycles. The molecule has 0 bridgehead atoms. The number of hydrogen-bond donors (Lipinski definition) is 2. The van der Waals surface area contributed by atoms with Crippen LogP contribution >= 0.6 is 0 Å². The number of likely N-dealkylation sites (tertiary alicyclic amines) is 1. The molecule has 2 rings (SSSR count). The second-order valence-electron chi connectivity index (χ2n) is 5.94. The van der Waals surface area contributed by atoms with Crippen LogP contribution in [-0.4, -0.2) is 37.0 Å². The maximum absolute atomic E-state index is 10.9. The molecule has 1 aliphatic heterocycles. The summed E-state index contributed by atoms with van der Waals surface area (Å²) in [6.07, 6.45) is 2.88. The number of nitrogens with two attached hydrogens (primary N) is 1. The van der Waals surface area contributed by atoms with Crippen molar-refractivity contribution in [1.82, 2.24) is 4.90 Å². The second-order valence-corrected chi connectivity index (χ2v) is 5.94. The van der Waals surface area contributed by atoms with Crippen LogP contribution in [0.25, 0.3) is 0 Å². The van der Waals surface area contributed by atoms with Gasteiger partial charge in [-0.25, -0.2) is 0 Å². The Kier molecular flexibility index (Phi) is 5.01. The van der Waals surface area contributed by atoms with E-state index < -0.39 is 0 Å². The van der Waals surface area contributed by atoms with Crippen LogP contribution in [-0.2, 0) is 11.2 Å². The lowest BCUT2D eigenvalue weighted by molar-refractivity contribution is -0.117. The van der Waals surface area contributed by atoms with Crippen LogP contribution in [0, 0.1) is 5.92 Å². The molecule has 1 fully saturated rings. The highest BCUT2D eigenvalue weighted by atomic mass is 16.1. The number of hydrogen-bond acceptors (Lipinski definition) is 3. The quantitative estimate of drug-likeness (QED) is 0.862. The Labute approximate surface area is 121 Å². The van der Waals surface area contributed by atoms with Gasteiger partial charge in [-0.05, 0) is 57.0 Å². The molecule has 4 heteroatoms. The van der Waals surface area contributed by atoms with Crippen LogP contribution in [0.3, 0.4) is 0 Å². The van der Waals surface area contributed by atoms with Gasteiger partial charge < -0.3 is 16.0 Å². The minimum absolute atomic E-state index is 0.288. The lowest BCUT2D eigenvalue weighted by atomic mass is 9.91. The summed E-state index contributed by atoms with van der Waals surface area (Å²) in [7, 11) is 2.19. The van der Waals surface area contributed by atoms with E-state index >= 15 is 0 Å². The predicted molar refractivity (Wildman–Crippen MR) is 82.6 cm³/mol. The highest BCUT2D eigenvalue weighted by Gasteiger charge is 2.22. The van der Waals surface area contributed by atoms with Gasteiger partial charge in [-0.15, -0.1) is 0 Å². The highest BCUT2D eigenvalue weighted by Crippen LogP contribution is 2.21. The molecule has 0 aliphatic carbocycles. The van der Waals surface area contributed by atoms with E-state index in [9.17, 15) is 4.79 Å². The van der Waals surface area contributed by atoms with Gasteiger partial charge in [0.25, 0.3) is 0 Å². The number of benzene rings is 1. The zero-order chi connectivity index (χ0) is 14.5. The van der Waals surface area contributed by atoms with E-state index in [-0.39, 0.29) is 5.91 Å². The number of rotatable bonds is 5. The van der Waals surface area contributed by atoms with Crippen molar-refractivity contribution in [2.75, 3.05) is 25.5 Å². The minimum atomic E-state index is -0.288. The van der Waals surface area contributed by atoms with E-state index in [1.165, 1.54) is 19.4 Å². The zero-order valence-corrected chi connectivity index (χ0v) is 12.4. The van der Waals surface area contributed by atoms with Crippen LogP contribution in [0.1, 0.15) is 25.3 Å². The molecule has 3 N–H and O–H groups in total. The largest absolute Gasteiger partial charge is 0.382 e. The van der Waals surface area contributed by atoms with Gasteiger partial charge in [0.1, 0.15) is 0 Å². The fraction of sp³-hybridized carbons (Fsp3) is 0.562. The smallest absolute Gasteiger partial charge is 0.221 e. The second kappa shape index (κ2) is 6.75. The Morgan fingerprint density at radius 2 is 2.15 bits per heavy atom. The minimum Gasteiger partial charge on any atom is -0.382 e. The number of anilines is 1. The third-order valence-electron chi connectivity index (χ3n) is 4.09. The highest BCUT2D eigenvalue weighted by molar-refractivity contribution is 5.76. The fourth-order valence-corrected chi connectivity index (χ4v) is 2.92. The summed E-state index contributed by atoms with van der Waals surface area (Å²) in [5, 5.41) is 3.57. The molecule has 20 heavy (non-hydrogen) atoms. The van der Waals surface area contributed by atoms with Crippen LogP contribution in [0.2, 0.25) is 0 Å². The number of primary amides is 1. The first kappa shape index (κ1) is 14.9. The lowest BCUT2D eigenvalue weighted by Crippen LogP contribution is -2.39. The molecule has 1 aliphatic rings. The average Bonchev–Trinajstić information content (AvgIpc) is 2.40. The molecule has 0 radical (unpaired) electrons. The molecular formula is C16H25N3O. The summed E-state index contributed by atoms with van der Waals surface area (Å²) in [5.41, 5.74) is 7.27. The molecule has 110 valence electrons. The van der Waals surface area contributed by atoms with E-state index in [2.05, 4.69) is 24.2 Å². The van der Waals surface area contributed by atoms with Crippen LogP contribution in [0.5, 0.6) is 0 Å². The van der Waals surface area contributed by atoms with Crippen molar-refractivity contribution in [3.05, 3.63) is 29.8 Å². The van der Waals surface area contributed by atoms with E-state index in [1.54, 1.807) is 0 Å². The standard InChI is InChI=1S/C16H25N3O/c1-12(14-4-3-9-19(2)11-14)18-15-7-5-13(6-8-15)10-16(17)20/h5-8,12,14,18H,3-4,9-11H2,1-2H3,(H2,17,20). The Hall–Kier alpha value is -1.55. The van der Waals surface area contributed by atoms with E-state index in [0.29, 0.717) is 18.4 Å². The van der Waals surface area contributed by atoms with Gasteiger partial charge in [0.15, 0.2) is 0 Å². The summed E-state index contributed by atoms with van der Waals surface area (Å²) in [6, 6.07) is 8.45. The number of amides is 1. The Balaban J connectivity index is 1.90. The Morgan fingerprint density at radius 3 is 2.75 bits per heavy atom. The maximum Gasteiger partial charge on any atom is 0.221 e. The van der Waals surface area contributed by atoms with Crippen molar-refractivity contribution < 1.29 is 4.79 Å². The molecule has 2 atom stereocenters. The van der Waals surface area contributed by atoms with Crippen molar-refractivity contribution in [2.45, 2.75) is 32.2 Å². The van der Waals surface area contributed by atoms with Crippen molar-refractivity contribution in [1.29, 1.82) is 0 Å². The van der Waals surface area contributed by atoms with Gasteiger partial charge >= 0.3 is 0 Å². The van der Waals surface area contributed by atoms with Crippen molar-refractivity contribution >= 4 is 11.6 Å². The number of piperidine rings is 1. The summed E-state index contributed by atoms with van der Waals surface area (Å²) in [4.78, 5) is 13.3. The van der Waals surface area contributed by atoms with Gasteiger partial charge in [-0.1, -0.05) is 12.1 Å². The zero-order valence-electron chi connectivity index (χ0n) is 12.4. The topological polar surface area (TPSA) is 58.4 Å². The molecule has 0 saturated carbocycles. The Morgan fingerprint density at radius 1 is 1.45 bits per heavy atom. The third-order valence-corrected chi connectivity index (χ3v) is 4.09. The molecule has 0 aromatic heterocycles. The summed E-state index contributed by atoms with van der Waals surface area (Å²) in [5.74, 6) is 0.406. The first-order valence-corrected chi connectivity index (χ1v) is 7.37. The molecule has 1 saturated heterocycles. The SMILES string of the molecule is CC(Nc1ccc(CC(N)=O)cc1)C1CCCN(C)C1. The molecule has 4 nitrogen and oxygen atoms in total. The average molecular weight is 275 g/mol. The van der Waals surface area contributed by atoms with Crippen LogP contribution < -0.4 is 11.1 Å². The summed E-state index contributed by atoms with van der Waals surface area (Å²) < 4.78 is 0. The van der Waals surface area contributed by atoms with E-state index in [1.807, 2.05) is 24.3 Å². The van der Waals surface area contributed by atoms with Gasteiger partial charge in [0.2, 0.25) is 5.91 Å². The fourth-order valence-electron chi connectivity index (χ4n) is 2.92. The summed E-state index contributed by atoms with van der Waals surface area (Å²) >= 11 is 0. The van der Waals surface area contributed by atoms with Gasteiger partial charge in [0.05, 0.1) is 6.42 Å². The molecule has 2 unspecified atom stereocenters. The normalized spacial score (nSPS) is 21.4. The van der Waals surface area contributed by atoms with E-state index in [4.69, 9.17) is 5.73 Å². The first-order valence-electron chi connectivity index (χ1n) is 7.37. The first-order chi connectivity index (χ1) is 9.54. The van der Waals surface area contributed by atoms with E-state index in [0.717, 1.165) is 17.8 Å². The monoisotopic (exact) mass is 275 g/mol. The molecule has 1 aromatic rings. The number of nitrogens with zero attached hydrogens (tertiary/aromatic N) is 1. The summed E-state index contributed by atoms with van der Waals surface area (Å²) in [6.45, 7) is 4.63. The molecular weight excluding hydrogens is 250 g/mol. The van der Waals surface area contributed by atoms with Crippen LogP contribution in [0.15, 0.2) is 24.3 Å². The van der Waals surface area contributed by atoms with Gasteiger partial charge in [-0.2, -0.15) is 0 Å². The number of carbonyl (C=O) groups is 1. The molecule has 1 amide bonds. The van der Waals surface area contributed by atoms with Gasteiger partial charge in [0, 0.05) is 18.3 Å². The van der Waals surface area contributed by atoms with Crippen molar-refractivity contribution in [2.24, 2.45) is 11.7 Å². The predicted octanol–water partition coefficient (Wildman–Crippen LogP) is 1.86. The van der Waals surface area contributed by atoms with Crippen molar-refractivity contribution in [3.63, 3.8) is 0 Å². The molecule has 0 spiro atoms. The molecule has 1 aromatic carbocycles.